The summed E-state index contributed by atoms with van der Waals surface area (Å²) in [5, 5.41) is 6.83. The summed E-state index contributed by atoms with van der Waals surface area (Å²) in [5.74, 6) is 0.941. The van der Waals surface area contributed by atoms with Gasteiger partial charge in [0.05, 0.1) is 12.6 Å². The summed E-state index contributed by atoms with van der Waals surface area (Å²) in [6.45, 7) is 9.26. The molecule has 2 aromatic rings. The van der Waals surface area contributed by atoms with Crippen molar-refractivity contribution in [2.24, 2.45) is 0 Å². The number of hydrogen-bond acceptors (Lipinski definition) is 4. The van der Waals surface area contributed by atoms with E-state index in [0.717, 1.165) is 29.5 Å². The van der Waals surface area contributed by atoms with Gasteiger partial charge >= 0.3 is 0 Å². The van der Waals surface area contributed by atoms with Crippen molar-refractivity contribution in [3.63, 3.8) is 0 Å². The Morgan fingerprint density at radius 1 is 1.19 bits per heavy atom. The summed E-state index contributed by atoms with van der Waals surface area (Å²) < 4.78 is 5.61. The molecular formula is C17H24N2OS. The first-order chi connectivity index (χ1) is 10.1. The second kappa shape index (κ2) is 7.57. The second-order valence-electron chi connectivity index (χ2n) is 5.35. The highest BCUT2D eigenvalue weighted by Gasteiger charge is 2.13. The van der Waals surface area contributed by atoms with Crippen LogP contribution in [0.15, 0.2) is 29.6 Å². The van der Waals surface area contributed by atoms with Crippen LogP contribution in [0.25, 0.3) is 0 Å². The van der Waals surface area contributed by atoms with Gasteiger partial charge in [0, 0.05) is 17.1 Å². The molecule has 0 fully saturated rings. The number of aromatic nitrogens is 1. The number of ether oxygens (including phenoxy) is 1. The highest BCUT2D eigenvalue weighted by atomic mass is 32.1. The molecule has 1 heterocycles. The van der Waals surface area contributed by atoms with E-state index in [1.807, 2.05) is 19.1 Å². The van der Waals surface area contributed by atoms with Crippen molar-refractivity contribution in [3.8, 4) is 5.75 Å². The van der Waals surface area contributed by atoms with Gasteiger partial charge in [0.25, 0.3) is 0 Å². The Bertz CT molecular complexity index is 550. The van der Waals surface area contributed by atoms with Gasteiger partial charge in [-0.05, 0) is 44.9 Å². The molecule has 1 aromatic carbocycles. The van der Waals surface area contributed by atoms with Gasteiger partial charge in [0.2, 0.25) is 0 Å². The molecule has 0 spiro atoms. The van der Waals surface area contributed by atoms with Crippen molar-refractivity contribution in [1.29, 1.82) is 0 Å². The summed E-state index contributed by atoms with van der Waals surface area (Å²) in [6.07, 6.45) is 1.03. The predicted octanol–water partition coefficient (Wildman–Crippen LogP) is 4.65. The van der Waals surface area contributed by atoms with Crippen LogP contribution in [-0.2, 0) is 0 Å². The maximum atomic E-state index is 5.61. The summed E-state index contributed by atoms with van der Waals surface area (Å²) >= 11 is 1.71. The van der Waals surface area contributed by atoms with Gasteiger partial charge in [-0.25, -0.2) is 4.98 Å². The van der Waals surface area contributed by atoms with E-state index >= 15 is 0 Å². The molecule has 0 aliphatic rings. The number of hydrogen-bond donors (Lipinski definition) is 1. The van der Waals surface area contributed by atoms with Crippen LogP contribution in [0.4, 0.5) is 0 Å². The van der Waals surface area contributed by atoms with E-state index < -0.39 is 0 Å². The number of nitrogens with zero attached hydrogens (tertiary/aromatic N) is 1. The Labute approximate surface area is 131 Å². The first-order valence-electron chi connectivity index (χ1n) is 7.51. The number of benzene rings is 1. The highest BCUT2D eigenvalue weighted by Crippen LogP contribution is 2.23. The molecule has 114 valence electrons. The molecule has 21 heavy (non-hydrogen) atoms. The molecule has 1 N–H and O–H groups in total. The molecule has 0 aliphatic carbocycles. The smallest absolute Gasteiger partial charge is 0.119 e. The molecule has 3 nitrogen and oxygen atoms in total. The van der Waals surface area contributed by atoms with Crippen molar-refractivity contribution >= 4 is 11.3 Å². The molecule has 0 amide bonds. The quantitative estimate of drug-likeness (QED) is 0.808. The molecule has 0 saturated carbocycles. The Balaban J connectivity index is 1.94. The monoisotopic (exact) mass is 304 g/mol. The molecule has 0 bridgehead atoms. The van der Waals surface area contributed by atoms with E-state index in [-0.39, 0.29) is 12.1 Å². The zero-order valence-corrected chi connectivity index (χ0v) is 14.0. The molecule has 0 aliphatic heterocycles. The second-order valence-corrected chi connectivity index (χ2v) is 6.24. The maximum absolute atomic E-state index is 5.61. The molecule has 2 atom stereocenters. The van der Waals surface area contributed by atoms with Crippen LogP contribution in [0.3, 0.4) is 0 Å². The average molecular weight is 304 g/mol. The largest absolute Gasteiger partial charge is 0.494 e. The van der Waals surface area contributed by atoms with Crippen LogP contribution in [0, 0.1) is 6.92 Å². The average Bonchev–Trinajstić information content (AvgIpc) is 2.92. The van der Waals surface area contributed by atoms with Crippen LogP contribution in [0.2, 0.25) is 0 Å². The van der Waals surface area contributed by atoms with Crippen molar-refractivity contribution in [1.82, 2.24) is 10.3 Å². The fraction of sp³-hybridized carbons (Fsp3) is 0.471. The van der Waals surface area contributed by atoms with Crippen molar-refractivity contribution in [3.05, 3.63) is 45.9 Å². The van der Waals surface area contributed by atoms with E-state index in [0.29, 0.717) is 0 Å². The fourth-order valence-corrected chi connectivity index (χ4v) is 3.00. The van der Waals surface area contributed by atoms with Gasteiger partial charge < -0.3 is 10.1 Å². The van der Waals surface area contributed by atoms with Gasteiger partial charge in [-0.1, -0.05) is 19.1 Å². The summed E-state index contributed by atoms with van der Waals surface area (Å²) in [6, 6.07) is 8.88. The lowest BCUT2D eigenvalue weighted by Crippen LogP contribution is -2.22. The lowest BCUT2D eigenvalue weighted by atomic mass is 10.1. The standard InChI is InChI=1S/C17H24N2OS/c1-5-10-20-16-8-6-15(7-9-16)13(3)19-14(4)17-18-12(2)11-21-17/h6-9,11,13-14,19H,5,10H2,1-4H3. The van der Waals surface area contributed by atoms with Crippen LogP contribution in [-0.4, -0.2) is 11.6 Å². The van der Waals surface area contributed by atoms with E-state index in [9.17, 15) is 0 Å². The minimum atomic E-state index is 0.259. The predicted molar refractivity (Wildman–Crippen MR) is 89.0 cm³/mol. The summed E-state index contributed by atoms with van der Waals surface area (Å²) in [4.78, 5) is 4.54. The van der Waals surface area contributed by atoms with E-state index in [1.165, 1.54) is 5.56 Å². The zero-order chi connectivity index (χ0) is 15.2. The molecule has 2 unspecified atom stereocenters. The SMILES string of the molecule is CCCOc1ccc(C(C)NC(C)c2nc(C)cs2)cc1. The number of thiazole rings is 1. The lowest BCUT2D eigenvalue weighted by Gasteiger charge is -2.19. The van der Waals surface area contributed by atoms with Crippen LogP contribution in [0.5, 0.6) is 5.75 Å². The number of aryl methyl sites for hydroxylation is 1. The third-order valence-electron chi connectivity index (χ3n) is 3.36. The summed E-state index contributed by atoms with van der Waals surface area (Å²) in [5.41, 5.74) is 2.35. The zero-order valence-electron chi connectivity index (χ0n) is 13.2. The van der Waals surface area contributed by atoms with E-state index in [2.05, 4.69) is 48.6 Å². The first-order valence-corrected chi connectivity index (χ1v) is 8.39. The Morgan fingerprint density at radius 3 is 2.48 bits per heavy atom. The maximum Gasteiger partial charge on any atom is 0.119 e. The molecule has 4 heteroatoms. The van der Waals surface area contributed by atoms with Gasteiger partial charge in [0.1, 0.15) is 10.8 Å². The van der Waals surface area contributed by atoms with Crippen LogP contribution >= 0.6 is 11.3 Å². The summed E-state index contributed by atoms with van der Waals surface area (Å²) in [7, 11) is 0. The van der Waals surface area contributed by atoms with Crippen molar-refractivity contribution < 1.29 is 4.74 Å². The van der Waals surface area contributed by atoms with Crippen molar-refractivity contribution in [2.45, 2.75) is 46.2 Å². The third-order valence-corrected chi connectivity index (χ3v) is 4.51. The molecule has 2 rings (SSSR count). The normalized spacial score (nSPS) is 13.9. The third kappa shape index (κ3) is 4.55. The number of nitrogens with one attached hydrogen (secondary N) is 1. The Morgan fingerprint density at radius 2 is 1.90 bits per heavy atom. The van der Waals surface area contributed by atoms with E-state index in [1.54, 1.807) is 11.3 Å². The highest BCUT2D eigenvalue weighted by molar-refractivity contribution is 7.09. The van der Waals surface area contributed by atoms with Gasteiger partial charge in [-0.2, -0.15) is 0 Å². The first kappa shape index (κ1) is 16.0. The van der Waals surface area contributed by atoms with Crippen LogP contribution < -0.4 is 10.1 Å². The van der Waals surface area contributed by atoms with Crippen molar-refractivity contribution in [2.75, 3.05) is 6.61 Å². The number of rotatable bonds is 7. The molecule has 0 saturated heterocycles. The Hall–Kier alpha value is -1.39. The van der Waals surface area contributed by atoms with Crippen LogP contribution in [0.1, 0.15) is 55.5 Å². The molecule has 0 radical (unpaired) electrons. The Kier molecular flexibility index (Phi) is 5.76. The minimum absolute atomic E-state index is 0.259. The lowest BCUT2D eigenvalue weighted by molar-refractivity contribution is 0.317. The van der Waals surface area contributed by atoms with Gasteiger partial charge in [-0.3, -0.25) is 0 Å². The van der Waals surface area contributed by atoms with E-state index in [4.69, 9.17) is 4.74 Å². The van der Waals surface area contributed by atoms with Gasteiger partial charge in [0.15, 0.2) is 0 Å². The minimum Gasteiger partial charge on any atom is -0.494 e. The molecular weight excluding hydrogens is 280 g/mol. The molecule has 1 aromatic heterocycles. The van der Waals surface area contributed by atoms with Gasteiger partial charge in [-0.15, -0.1) is 11.3 Å². The topological polar surface area (TPSA) is 34.1 Å². The fourth-order valence-electron chi connectivity index (χ4n) is 2.19.